The van der Waals surface area contributed by atoms with Crippen LogP contribution in [0.1, 0.15) is 24.9 Å². The molecule has 1 aliphatic rings. The molecule has 1 aromatic carbocycles. The van der Waals surface area contributed by atoms with Gasteiger partial charge in [0.25, 0.3) is 0 Å². The Morgan fingerprint density at radius 1 is 1.21 bits per heavy atom. The molecule has 1 fully saturated rings. The van der Waals surface area contributed by atoms with Crippen LogP contribution in [0.25, 0.3) is 0 Å². The third-order valence-electron chi connectivity index (χ3n) is 3.48. The first-order chi connectivity index (χ1) is 8.36. The van der Waals surface area contributed by atoms with E-state index in [1.807, 2.05) is 6.07 Å². The molecule has 0 saturated carbocycles. The van der Waals surface area contributed by atoms with Gasteiger partial charge in [-0.25, -0.2) is 0 Å². The molecule has 3 nitrogen and oxygen atoms in total. The maximum Gasteiger partial charge on any atom is 0.123 e. The Bertz CT molecular complexity index is 357. The summed E-state index contributed by atoms with van der Waals surface area (Å²) in [5.41, 5.74) is 1.32. The number of rotatable bonds is 4. The van der Waals surface area contributed by atoms with Crippen molar-refractivity contribution >= 4 is 24.8 Å². The molecule has 19 heavy (non-hydrogen) atoms. The Kier molecular flexibility index (Phi) is 9.19. The summed E-state index contributed by atoms with van der Waals surface area (Å²) in [4.78, 5) is 2.55. The van der Waals surface area contributed by atoms with Crippen LogP contribution in [0.3, 0.4) is 0 Å². The third kappa shape index (κ3) is 4.53. The van der Waals surface area contributed by atoms with Crippen LogP contribution >= 0.6 is 24.8 Å². The Balaban J connectivity index is 0.00000162. The van der Waals surface area contributed by atoms with Crippen molar-refractivity contribution in [1.29, 1.82) is 0 Å². The highest BCUT2D eigenvalue weighted by Crippen LogP contribution is 2.31. The van der Waals surface area contributed by atoms with Crippen LogP contribution in [-0.4, -0.2) is 38.2 Å². The van der Waals surface area contributed by atoms with Crippen LogP contribution in [0.2, 0.25) is 0 Å². The van der Waals surface area contributed by atoms with Gasteiger partial charge in [-0.05, 0) is 12.5 Å². The number of para-hydroxylation sites is 1. The second-order valence-corrected chi connectivity index (χ2v) is 4.45. The zero-order valence-corrected chi connectivity index (χ0v) is 13.2. The maximum absolute atomic E-state index is 5.48. The van der Waals surface area contributed by atoms with Crippen molar-refractivity contribution in [1.82, 2.24) is 10.2 Å². The minimum atomic E-state index is 0. The van der Waals surface area contributed by atoms with Crippen molar-refractivity contribution in [2.24, 2.45) is 0 Å². The lowest BCUT2D eigenvalue weighted by molar-refractivity contribution is 0.166. The largest absolute Gasteiger partial charge is 0.496 e. The van der Waals surface area contributed by atoms with Crippen molar-refractivity contribution in [3.63, 3.8) is 0 Å². The van der Waals surface area contributed by atoms with E-state index >= 15 is 0 Å². The monoisotopic (exact) mass is 306 g/mol. The number of methoxy groups -OCH3 is 1. The Morgan fingerprint density at radius 2 is 1.84 bits per heavy atom. The summed E-state index contributed by atoms with van der Waals surface area (Å²) >= 11 is 0. The Morgan fingerprint density at radius 3 is 2.42 bits per heavy atom. The SMILES string of the molecule is CC[C@@H](c1ccccc1OC)N1CCNCC1.Cl.Cl. The van der Waals surface area contributed by atoms with Crippen molar-refractivity contribution < 1.29 is 4.74 Å². The molecule has 5 heteroatoms. The van der Waals surface area contributed by atoms with Crippen LogP contribution in [0.4, 0.5) is 0 Å². The van der Waals surface area contributed by atoms with E-state index in [9.17, 15) is 0 Å². The standard InChI is InChI=1S/C14H22N2O.2ClH/c1-3-13(16-10-8-15-9-11-16)12-6-4-5-7-14(12)17-2;;/h4-7,13,15H,3,8-11H2,1-2H3;2*1H/t13-;;/m0../s1. The molecule has 1 aliphatic heterocycles. The van der Waals surface area contributed by atoms with Crippen molar-refractivity contribution in [2.45, 2.75) is 19.4 Å². The third-order valence-corrected chi connectivity index (χ3v) is 3.48. The zero-order chi connectivity index (χ0) is 12.1. The molecule has 2 rings (SSSR count). The number of halogens is 2. The zero-order valence-electron chi connectivity index (χ0n) is 11.6. The van der Waals surface area contributed by atoms with Gasteiger partial charge in [-0.2, -0.15) is 0 Å². The van der Waals surface area contributed by atoms with Gasteiger partial charge in [-0.1, -0.05) is 25.1 Å². The van der Waals surface area contributed by atoms with Gasteiger partial charge in [0.05, 0.1) is 7.11 Å². The van der Waals surface area contributed by atoms with Crippen molar-refractivity contribution in [3.8, 4) is 5.75 Å². The van der Waals surface area contributed by atoms with E-state index in [1.54, 1.807) is 7.11 Å². The predicted octanol–water partition coefficient (Wildman–Crippen LogP) is 2.90. The minimum Gasteiger partial charge on any atom is -0.496 e. The van der Waals surface area contributed by atoms with Crippen molar-refractivity contribution in [3.05, 3.63) is 29.8 Å². The van der Waals surface area contributed by atoms with Gasteiger partial charge in [-0.3, -0.25) is 4.90 Å². The van der Waals surface area contributed by atoms with E-state index in [0.717, 1.165) is 38.3 Å². The number of benzene rings is 1. The molecule has 0 radical (unpaired) electrons. The van der Waals surface area contributed by atoms with E-state index in [-0.39, 0.29) is 24.8 Å². The van der Waals surface area contributed by atoms with Crippen LogP contribution in [-0.2, 0) is 0 Å². The molecule has 0 unspecified atom stereocenters. The molecule has 1 N–H and O–H groups in total. The fourth-order valence-electron chi connectivity index (χ4n) is 2.61. The van der Waals surface area contributed by atoms with E-state index in [1.165, 1.54) is 5.56 Å². The number of piperazine rings is 1. The van der Waals surface area contributed by atoms with Crippen molar-refractivity contribution in [2.75, 3.05) is 33.3 Å². The van der Waals surface area contributed by atoms with Gasteiger partial charge in [-0.15, -0.1) is 24.8 Å². The van der Waals surface area contributed by atoms with E-state index < -0.39 is 0 Å². The number of nitrogens with one attached hydrogen (secondary N) is 1. The topological polar surface area (TPSA) is 24.5 Å². The normalized spacial score (nSPS) is 16.9. The van der Waals surface area contributed by atoms with Gasteiger partial charge >= 0.3 is 0 Å². The number of hydrogen-bond donors (Lipinski definition) is 1. The highest BCUT2D eigenvalue weighted by atomic mass is 35.5. The quantitative estimate of drug-likeness (QED) is 0.926. The van der Waals surface area contributed by atoms with Crippen LogP contribution < -0.4 is 10.1 Å². The first-order valence-electron chi connectivity index (χ1n) is 6.44. The summed E-state index contributed by atoms with van der Waals surface area (Å²) in [6.45, 7) is 6.67. The molecule has 0 bridgehead atoms. The second-order valence-electron chi connectivity index (χ2n) is 4.45. The van der Waals surface area contributed by atoms with E-state index in [0.29, 0.717) is 6.04 Å². The van der Waals surface area contributed by atoms with Gasteiger partial charge < -0.3 is 10.1 Å². The van der Waals surface area contributed by atoms with Crippen LogP contribution in [0, 0.1) is 0 Å². The predicted molar refractivity (Wildman–Crippen MR) is 85.0 cm³/mol. The molecule has 0 spiro atoms. The summed E-state index contributed by atoms with van der Waals surface area (Å²) in [5, 5.41) is 3.40. The van der Waals surface area contributed by atoms with Gasteiger partial charge in [0.1, 0.15) is 5.75 Å². The fourth-order valence-corrected chi connectivity index (χ4v) is 2.61. The molecule has 1 atom stereocenters. The highest BCUT2D eigenvalue weighted by molar-refractivity contribution is 5.85. The Labute approximate surface area is 128 Å². The first kappa shape index (κ1) is 18.5. The first-order valence-corrected chi connectivity index (χ1v) is 6.44. The van der Waals surface area contributed by atoms with Crippen LogP contribution in [0.15, 0.2) is 24.3 Å². The number of hydrogen-bond acceptors (Lipinski definition) is 3. The van der Waals surface area contributed by atoms with Gasteiger partial charge in [0, 0.05) is 37.8 Å². The summed E-state index contributed by atoms with van der Waals surface area (Å²) in [5.74, 6) is 1.01. The molecular weight excluding hydrogens is 283 g/mol. The molecular formula is C14H24Cl2N2O. The average Bonchev–Trinajstić information content (AvgIpc) is 2.41. The Hall–Kier alpha value is -0.480. The smallest absolute Gasteiger partial charge is 0.123 e. The minimum absolute atomic E-state index is 0. The lowest BCUT2D eigenvalue weighted by Crippen LogP contribution is -2.45. The molecule has 1 heterocycles. The molecule has 1 aromatic rings. The highest BCUT2D eigenvalue weighted by Gasteiger charge is 2.22. The number of nitrogens with zero attached hydrogens (tertiary/aromatic N) is 1. The number of ether oxygens (including phenoxy) is 1. The summed E-state index contributed by atoms with van der Waals surface area (Å²) in [6, 6.07) is 8.86. The second kappa shape index (κ2) is 9.43. The van der Waals surface area contributed by atoms with Gasteiger partial charge in [0.15, 0.2) is 0 Å². The van der Waals surface area contributed by atoms with Gasteiger partial charge in [0.2, 0.25) is 0 Å². The lowest BCUT2D eigenvalue weighted by atomic mass is 10.0. The maximum atomic E-state index is 5.48. The van der Waals surface area contributed by atoms with E-state index in [2.05, 4.69) is 35.3 Å². The summed E-state index contributed by atoms with van der Waals surface area (Å²) < 4.78 is 5.48. The van der Waals surface area contributed by atoms with Crippen LogP contribution in [0.5, 0.6) is 5.75 Å². The fraction of sp³-hybridized carbons (Fsp3) is 0.571. The van der Waals surface area contributed by atoms with E-state index in [4.69, 9.17) is 4.74 Å². The molecule has 0 aliphatic carbocycles. The molecule has 0 amide bonds. The summed E-state index contributed by atoms with van der Waals surface area (Å²) in [7, 11) is 1.75. The average molecular weight is 307 g/mol. The molecule has 0 aromatic heterocycles. The molecule has 1 saturated heterocycles. The molecule has 110 valence electrons. The lowest BCUT2D eigenvalue weighted by Gasteiger charge is -2.35. The summed E-state index contributed by atoms with van der Waals surface area (Å²) in [6.07, 6.45) is 1.13.